The molecule has 0 bridgehead atoms. The molecule has 7 heteroatoms. The standard InChI is InChI=1S/C20H22N4O3/c1-14(2)10-12-24-16-8-4-3-7-15(16)19(20(24)27)22-21-17(25)13-23-11-6-5-9-18(23)26/h3-9,11,14,27H,10,12-13H2,1-2H3. The number of hydrogen-bond donors (Lipinski definition) is 1. The van der Waals surface area contributed by atoms with Gasteiger partial charge >= 0.3 is 0 Å². The molecule has 0 radical (unpaired) electrons. The van der Waals surface area contributed by atoms with Crippen LogP contribution in [0, 0.1) is 5.92 Å². The minimum atomic E-state index is -0.568. The zero-order valence-electron chi connectivity index (χ0n) is 15.4. The lowest BCUT2D eigenvalue weighted by atomic mass is 10.1. The predicted octanol–water partition coefficient (Wildman–Crippen LogP) is 3.87. The van der Waals surface area contributed by atoms with Gasteiger partial charge in [0, 0.05) is 24.2 Å². The van der Waals surface area contributed by atoms with Gasteiger partial charge in [0.2, 0.25) is 5.88 Å². The molecule has 140 valence electrons. The minimum Gasteiger partial charge on any atom is -0.493 e. The lowest BCUT2D eigenvalue weighted by Gasteiger charge is -2.08. The Bertz CT molecular complexity index is 1050. The number of azo groups is 1. The number of rotatable bonds is 6. The van der Waals surface area contributed by atoms with Gasteiger partial charge in [-0.2, -0.15) is 0 Å². The first-order valence-corrected chi connectivity index (χ1v) is 8.87. The summed E-state index contributed by atoms with van der Waals surface area (Å²) in [5, 5.41) is 19.0. The molecule has 0 spiro atoms. The zero-order chi connectivity index (χ0) is 19.4. The highest BCUT2D eigenvalue weighted by molar-refractivity contribution is 5.95. The second-order valence-corrected chi connectivity index (χ2v) is 6.78. The molecule has 1 N–H and O–H groups in total. The van der Waals surface area contributed by atoms with E-state index in [0.717, 1.165) is 17.3 Å². The molecule has 3 aromatic rings. The fourth-order valence-electron chi connectivity index (χ4n) is 2.86. The summed E-state index contributed by atoms with van der Waals surface area (Å²) < 4.78 is 3.04. The molecule has 2 aromatic heterocycles. The van der Waals surface area contributed by atoms with E-state index in [-0.39, 0.29) is 23.7 Å². The molecule has 0 saturated carbocycles. The molecule has 0 aliphatic carbocycles. The van der Waals surface area contributed by atoms with E-state index in [1.165, 1.54) is 16.8 Å². The average molecular weight is 366 g/mol. The second kappa shape index (κ2) is 7.99. The smallest absolute Gasteiger partial charge is 0.284 e. The Labute approximate surface area is 156 Å². The van der Waals surface area contributed by atoms with E-state index in [1.54, 1.807) is 16.7 Å². The van der Waals surface area contributed by atoms with Gasteiger partial charge in [0.05, 0.1) is 5.52 Å². The van der Waals surface area contributed by atoms with Gasteiger partial charge in [0.25, 0.3) is 11.5 Å². The van der Waals surface area contributed by atoms with Crippen molar-refractivity contribution in [3.05, 3.63) is 59.0 Å². The van der Waals surface area contributed by atoms with Gasteiger partial charge in [-0.15, -0.1) is 10.2 Å². The number of nitrogens with zero attached hydrogens (tertiary/aromatic N) is 4. The lowest BCUT2D eigenvalue weighted by molar-refractivity contribution is -0.118. The van der Waals surface area contributed by atoms with Crippen molar-refractivity contribution >= 4 is 22.5 Å². The lowest BCUT2D eigenvalue weighted by Crippen LogP contribution is -2.21. The van der Waals surface area contributed by atoms with Crippen LogP contribution in [0.4, 0.5) is 5.69 Å². The van der Waals surface area contributed by atoms with Crippen LogP contribution in [0.1, 0.15) is 20.3 Å². The quantitative estimate of drug-likeness (QED) is 0.672. The van der Waals surface area contributed by atoms with Gasteiger partial charge in [-0.05, 0) is 24.5 Å². The molecule has 27 heavy (non-hydrogen) atoms. The number of aryl methyl sites for hydroxylation is 1. The number of hydrogen-bond acceptors (Lipinski definition) is 4. The number of amides is 1. The van der Waals surface area contributed by atoms with Gasteiger partial charge in [-0.25, -0.2) is 0 Å². The topological polar surface area (TPSA) is 88.9 Å². The van der Waals surface area contributed by atoms with E-state index in [2.05, 4.69) is 24.1 Å². The van der Waals surface area contributed by atoms with E-state index in [9.17, 15) is 14.7 Å². The molecular weight excluding hydrogens is 344 g/mol. The normalized spacial score (nSPS) is 11.7. The SMILES string of the molecule is CC(C)CCn1c(O)c(N=NC(=O)Cn2ccccc2=O)c2ccccc21. The second-order valence-electron chi connectivity index (χ2n) is 6.78. The highest BCUT2D eigenvalue weighted by atomic mass is 16.3. The number of aromatic nitrogens is 2. The van der Waals surface area contributed by atoms with Gasteiger partial charge < -0.3 is 14.2 Å². The maximum atomic E-state index is 12.1. The van der Waals surface area contributed by atoms with Crippen molar-refractivity contribution in [2.45, 2.75) is 33.4 Å². The monoisotopic (exact) mass is 366 g/mol. The first-order valence-electron chi connectivity index (χ1n) is 8.87. The van der Waals surface area contributed by atoms with Crippen LogP contribution in [0.5, 0.6) is 5.88 Å². The van der Waals surface area contributed by atoms with Gasteiger partial charge in [-0.1, -0.05) is 38.1 Å². The van der Waals surface area contributed by atoms with Gasteiger partial charge in [-0.3, -0.25) is 9.59 Å². The fraction of sp³-hybridized carbons (Fsp3) is 0.300. The summed E-state index contributed by atoms with van der Waals surface area (Å²) in [5.41, 5.74) is 0.827. The third-order valence-electron chi connectivity index (χ3n) is 4.31. The van der Waals surface area contributed by atoms with E-state index < -0.39 is 5.91 Å². The maximum Gasteiger partial charge on any atom is 0.284 e. The van der Waals surface area contributed by atoms with Crippen molar-refractivity contribution < 1.29 is 9.90 Å². The van der Waals surface area contributed by atoms with Crippen LogP contribution in [-0.4, -0.2) is 20.1 Å². The van der Waals surface area contributed by atoms with E-state index in [4.69, 9.17) is 0 Å². The molecule has 1 amide bonds. The Hall–Kier alpha value is -3.22. The highest BCUT2D eigenvalue weighted by Crippen LogP contribution is 2.39. The molecule has 0 fully saturated rings. The number of pyridine rings is 1. The summed E-state index contributed by atoms with van der Waals surface area (Å²) >= 11 is 0. The summed E-state index contributed by atoms with van der Waals surface area (Å²) in [6, 6.07) is 12.1. The number of fused-ring (bicyclic) bond motifs is 1. The first-order chi connectivity index (χ1) is 13.0. The number of aromatic hydroxyl groups is 1. The van der Waals surface area contributed by atoms with Crippen molar-refractivity contribution in [3.8, 4) is 5.88 Å². The van der Waals surface area contributed by atoms with Crippen LogP contribution >= 0.6 is 0 Å². The van der Waals surface area contributed by atoms with Crippen molar-refractivity contribution in [2.24, 2.45) is 16.1 Å². The molecule has 0 unspecified atom stereocenters. The Morgan fingerprint density at radius 1 is 1.15 bits per heavy atom. The first kappa shape index (κ1) is 18.6. The minimum absolute atomic E-state index is 0.00900. The predicted molar refractivity (Wildman–Crippen MR) is 103 cm³/mol. The highest BCUT2D eigenvalue weighted by Gasteiger charge is 2.16. The number of carbonyl (C=O) groups excluding carboxylic acids is 1. The number of carbonyl (C=O) groups is 1. The fourth-order valence-corrected chi connectivity index (χ4v) is 2.86. The van der Waals surface area contributed by atoms with Crippen LogP contribution in [0.3, 0.4) is 0 Å². The Balaban J connectivity index is 1.89. The zero-order valence-corrected chi connectivity index (χ0v) is 15.4. The van der Waals surface area contributed by atoms with Crippen LogP contribution in [0.15, 0.2) is 63.7 Å². The molecule has 3 rings (SSSR count). The molecule has 0 aliphatic heterocycles. The molecule has 7 nitrogen and oxygen atoms in total. The average Bonchev–Trinajstić information content (AvgIpc) is 2.91. The molecule has 1 aromatic carbocycles. The largest absolute Gasteiger partial charge is 0.493 e. The third-order valence-corrected chi connectivity index (χ3v) is 4.31. The van der Waals surface area contributed by atoms with Crippen LogP contribution in [0.25, 0.3) is 10.9 Å². The number of para-hydroxylation sites is 1. The number of benzene rings is 1. The molecule has 0 saturated heterocycles. The summed E-state index contributed by atoms with van der Waals surface area (Å²) in [4.78, 5) is 23.8. The summed E-state index contributed by atoms with van der Waals surface area (Å²) in [6.07, 6.45) is 2.42. The van der Waals surface area contributed by atoms with E-state index in [1.807, 2.05) is 24.3 Å². The van der Waals surface area contributed by atoms with Crippen molar-refractivity contribution in [1.82, 2.24) is 9.13 Å². The van der Waals surface area contributed by atoms with Crippen molar-refractivity contribution in [2.75, 3.05) is 0 Å². The summed E-state index contributed by atoms with van der Waals surface area (Å²) in [7, 11) is 0. The molecule has 0 atom stereocenters. The van der Waals surface area contributed by atoms with Crippen LogP contribution in [-0.2, 0) is 17.9 Å². The Morgan fingerprint density at radius 2 is 1.89 bits per heavy atom. The van der Waals surface area contributed by atoms with E-state index in [0.29, 0.717) is 12.5 Å². The van der Waals surface area contributed by atoms with Gasteiger partial charge in [0.1, 0.15) is 6.54 Å². The van der Waals surface area contributed by atoms with E-state index >= 15 is 0 Å². The Morgan fingerprint density at radius 3 is 2.63 bits per heavy atom. The molecule has 2 heterocycles. The Kier molecular flexibility index (Phi) is 5.49. The maximum absolute atomic E-state index is 12.1. The molecule has 0 aliphatic rings. The summed E-state index contributed by atoms with van der Waals surface area (Å²) in [6.45, 7) is 4.68. The third kappa shape index (κ3) is 4.13. The summed E-state index contributed by atoms with van der Waals surface area (Å²) in [5.74, 6) is -0.0895. The van der Waals surface area contributed by atoms with Crippen LogP contribution < -0.4 is 5.56 Å². The molecular formula is C20H22N4O3. The van der Waals surface area contributed by atoms with Crippen molar-refractivity contribution in [1.29, 1.82) is 0 Å². The van der Waals surface area contributed by atoms with Crippen molar-refractivity contribution in [3.63, 3.8) is 0 Å². The van der Waals surface area contributed by atoms with Gasteiger partial charge in [0.15, 0.2) is 5.69 Å². The van der Waals surface area contributed by atoms with Crippen LogP contribution in [0.2, 0.25) is 0 Å².